The molecule has 2 atom stereocenters. The van der Waals surface area contributed by atoms with Crippen LogP contribution in [0.3, 0.4) is 0 Å². The van der Waals surface area contributed by atoms with Gasteiger partial charge in [-0.1, -0.05) is 25.4 Å². The molecule has 0 aromatic heterocycles. The van der Waals surface area contributed by atoms with Gasteiger partial charge in [-0.25, -0.2) is 13.1 Å². The van der Waals surface area contributed by atoms with Gasteiger partial charge in [-0.2, -0.15) is 0 Å². The Morgan fingerprint density at radius 1 is 1.07 bits per heavy atom. The molecule has 28 heavy (non-hydrogen) atoms. The Bertz CT molecular complexity index is 763. The minimum atomic E-state index is -3.52. The van der Waals surface area contributed by atoms with Crippen molar-refractivity contribution in [3.05, 3.63) is 29.3 Å². The highest BCUT2D eigenvalue weighted by Crippen LogP contribution is 2.32. The van der Waals surface area contributed by atoms with Gasteiger partial charge < -0.3 is 4.90 Å². The first-order valence-corrected chi connectivity index (χ1v) is 12.1. The number of nitrogens with zero attached hydrogens (tertiary/aromatic N) is 1. The van der Waals surface area contributed by atoms with Gasteiger partial charge in [-0.05, 0) is 74.1 Å². The summed E-state index contributed by atoms with van der Waals surface area (Å²) >= 11 is 5.83. The summed E-state index contributed by atoms with van der Waals surface area (Å²) in [5.41, 5.74) is 0. The molecular formula is C21H31ClN2O3S. The molecule has 1 aromatic rings. The summed E-state index contributed by atoms with van der Waals surface area (Å²) in [7, 11) is -3.52. The number of benzene rings is 1. The second kappa shape index (κ2) is 9.14. The smallest absolute Gasteiger partial charge is 0.240 e. The summed E-state index contributed by atoms with van der Waals surface area (Å²) in [5, 5.41) is 0.513. The molecule has 2 unspecified atom stereocenters. The zero-order valence-corrected chi connectivity index (χ0v) is 18.3. The van der Waals surface area contributed by atoms with Gasteiger partial charge >= 0.3 is 0 Å². The first kappa shape index (κ1) is 21.6. The van der Waals surface area contributed by atoms with E-state index in [0.717, 1.165) is 38.8 Å². The van der Waals surface area contributed by atoms with Crippen LogP contribution in [0.4, 0.5) is 0 Å². The number of carbonyl (C=O) groups excluding carboxylic acids is 1. The molecule has 0 spiro atoms. The van der Waals surface area contributed by atoms with E-state index in [-0.39, 0.29) is 16.7 Å². The number of likely N-dealkylation sites (tertiary alicyclic amines) is 1. The quantitative estimate of drug-likeness (QED) is 0.775. The molecule has 2 aliphatic rings. The van der Waals surface area contributed by atoms with Crippen LogP contribution in [-0.2, 0) is 14.8 Å². The fourth-order valence-electron chi connectivity index (χ4n) is 4.64. The standard InChI is InChI=1S/C21H31ClN2O3S/c1-15-11-16(2)14-24(13-15)21(25)18-5-3-17(4-6-18)12-23-28(26,27)20-9-7-19(22)8-10-20/h7-10,15-18,23H,3-6,11-14H2,1-2H3. The molecule has 0 radical (unpaired) electrons. The van der Waals surface area contributed by atoms with Crippen molar-refractivity contribution >= 4 is 27.5 Å². The number of hydrogen-bond acceptors (Lipinski definition) is 3. The van der Waals surface area contributed by atoms with Crippen LogP contribution in [0.2, 0.25) is 5.02 Å². The number of halogens is 1. The number of carbonyl (C=O) groups is 1. The third kappa shape index (κ3) is 5.49. The Kier molecular flexibility index (Phi) is 7.05. The zero-order chi connectivity index (χ0) is 20.3. The SMILES string of the molecule is CC1CC(C)CN(C(=O)C2CCC(CNS(=O)(=O)c3ccc(Cl)cc3)CC2)C1. The van der Waals surface area contributed by atoms with Gasteiger partial charge in [-0.15, -0.1) is 0 Å². The van der Waals surface area contributed by atoms with Gasteiger partial charge in [0, 0.05) is 30.6 Å². The van der Waals surface area contributed by atoms with Crippen LogP contribution in [0.5, 0.6) is 0 Å². The van der Waals surface area contributed by atoms with Gasteiger partial charge in [0.25, 0.3) is 0 Å². The molecule has 156 valence electrons. The second-order valence-corrected chi connectivity index (χ2v) is 10.9. The molecule has 5 nitrogen and oxygen atoms in total. The van der Waals surface area contributed by atoms with Crippen molar-refractivity contribution < 1.29 is 13.2 Å². The number of sulfonamides is 1. The summed E-state index contributed by atoms with van der Waals surface area (Å²) in [4.78, 5) is 15.2. The molecule has 3 rings (SSSR count). The molecule has 1 N–H and O–H groups in total. The minimum Gasteiger partial charge on any atom is -0.342 e. The Balaban J connectivity index is 1.47. The van der Waals surface area contributed by atoms with Crippen molar-refractivity contribution in [2.24, 2.45) is 23.7 Å². The lowest BCUT2D eigenvalue weighted by atomic mass is 9.80. The molecule has 0 bridgehead atoms. The van der Waals surface area contributed by atoms with E-state index < -0.39 is 10.0 Å². The molecule has 1 amide bonds. The van der Waals surface area contributed by atoms with Gasteiger partial charge in [0.15, 0.2) is 0 Å². The Hall–Kier alpha value is -1.11. The van der Waals surface area contributed by atoms with Crippen LogP contribution >= 0.6 is 11.6 Å². The van der Waals surface area contributed by atoms with Crippen LogP contribution in [0, 0.1) is 23.7 Å². The van der Waals surface area contributed by atoms with Gasteiger partial charge in [0.05, 0.1) is 4.90 Å². The molecule has 7 heteroatoms. The Morgan fingerprint density at radius 3 is 2.21 bits per heavy atom. The van der Waals surface area contributed by atoms with Gasteiger partial charge in [0.2, 0.25) is 15.9 Å². The maximum atomic E-state index is 12.9. The number of amides is 1. The highest BCUT2D eigenvalue weighted by atomic mass is 35.5. The zero-order valence-electron chi connectivity index (χ0n) is 16.7. The van der Waals surface area contributed by atoms with E-state index in [0.29, 0.717) is 29.3 Å². The van der Waals surface area contributed by atoms with E-state index in [1.807, 2.05) is 0 Å². The van der Waals surface area contributed by atoms with E-state index in [1.165, 1.54) is 18.6 Å². The van der Waals surface area contributed by atoms with Crippen molar-refractivity contribution in [2.45, 2.75) is 50.8 Å². The van der Waals surface area contributed by atoms with Crippen LogP contribution in [0.25, 0.3) is 0 Å². The summed E-state index contributed by atoms with van der Waals surface area (Å²) in [6.45, 7) is 6.62. The average molecular weight is 427 g/mol. The predicted molar refractivity (Wildman–Crippen MR) is 112 cm³/mol. The summed E-state index contributed by atoms with van der Waals surface area (Å²) in [6.07, 6.45) is 4.68. The molecule has 1 aromatic carbocycles. The summed E-state index contributed by atoms with van der Waals surface area (Å²) < 4.78 is 27.5. The minimum absolute atomic E-state index is 0.0987. The van der Waals surface area contributed by atoms with Gasteiger partial charge in [-0.3, -0.25) is 4.79 Å². The maximum Gasteiger partial charge on any atom is 0.240 e. The van der Waals surface area contributed by atoms with Crippen molar-refractivity contribution in [3.8, 4) is 0 Å². The van der Waals surface area contributed by atoms with E-state index in [1.54, 1.807) is 12.1 Å². The Labute approximate surface area is 173 Å². The van der Waals surface area contributed by atoms with Crippen LogP contribution in [0.1, 0.15) is 46.0 Å². The molecule has 1 saturated carbocycles. The van der Waals surface area contributed by atoms with Crippen LogP contribution in [-0.4, -0.2) is 38.9 Å². The second-order valence-electron chi connectivity index (χ2n) is 8.71. The molecule has 1 aliphatic heterocycles. The van der Waals surface area contributed by atoms with Gasteiger partial charge in [0.1, 0.15) is 0 Å². The fraction of sp³-hybridized carbons (Fsp3) is 0.667. The van der Waals surface area contributed by atoms with Crippen molar-refractivity contribution in [1.82, 2.24) is 9.62 Å². The topological polar surface area (TPSA) is 66.5 Å². The van der Waals surface area contributed by atoms with Crippen LogP contribution < -0.4 is 4.72 Å². The molecule has 1 aliphatic carbocycles. The monoisotopic (exact) mass is 426 g/mol. The van der Waals surface area contributed by atoms with E-state index >= 15 is 0 Å². The predicted octanol–water partition coefficient (Wildman–Crippen LogP) is 3.93. The number of rotatable bonds is 5. The fourth-order valence-corrected chi connectivity index (χ4v) is 5.88. The van der Waals surface area contributed by atoms with Crippen LogP contribution in [0.15, 0.2) is 29.2 Å². The Morgan fingerprint density at radius 2 is 1.64 bits per heavy atom. The van der Waals surface area contributed by atoms with E-state index in [9.17, 15) is 13.2 Å². The third-order valence-electron chi connectivity index (χ3n) is 6.06. The third-order valence-corrected chi connectivity index (χ3v) is 7.75. The average Bonchev–Trinajstić information content (AvgIpc) is 2.66. The maximum absolute atomic E-state index is 12.9. The molecule has 1 heterocycles. The summed E-state index contributed by atoms with van der Waals surface area (Å²) in [6, 6.07) is 6.19. The molecular weight excluding hydrogens is 396 g/mol. The number of hydrogen-bond donors (Lipinski definition) is 1. The largest absolute Gasteiger partial charge is 0.342 e. The molecule has 1 saturated heterocycles. The highest BCUT2D eigenvalue weighted by molar-refractivity contribution is 7.89. The highest BCUT2D eigenvalue weighted by Gasteiger charge is 2.33. The lowest BCUT2D eigenvalue weighted by Crippen LogP contribution is -2.46. The summed E-state index contributed by atoms with van der Waals surface area (Å²) in [5.74, 6) is 1.84. The first-order valence-electron chi connectivity index (χ1n) is 10.3. The number of piperidine rings is 1. The van der Waals surface area contributed by atoms with Crippen molar-refractivity contribution in [3.63, 3.8) is 0 Å². The first-order chi connectivity index (χ1) is 13.2. The van der Waals surface area contributed by atoms with E-state index in [4.69, 9.17) is 11.6 Å². The van der Waals surface area contributed by atoms with Crippen molar-refractivity contribution in [1.29, 1.82) is 0 Å². The molecule has 2 fully saturated rings. The normalized spacial score (nSPS) is 28.9. The van der Waals surface area contributed by atoms with Crippen molar-refractivity contribution in [2.75, 3.05) is 19.6 Å². The van der Waals surface area contributed by atoms with E-state index in [2.05, 4.69) is 23.5 Å². The lowest BCUT2D eigenvalue weighted by molar-refractivity contribution is -0.139. The number of nitrogens with one attached hydrogen (secondary N) is 1. The lowest BCUT2D eigenvalue weighted by Gasteiger charge is -2.38.